The number of carbonyl (C=O) groups excluding carboxylic acids is 3. The van der Waals surface area contributed by atoms with Gasteiger partial charge in [0.1, 0.15) is 5.69 Å². The van der Waals surface area contributed by atoms with Gasteiger partial charge in [-0.15, -0.1) is 0 Å². The third kappa shape index (κ3) is 4.30. The molecule has 0 aliphatic carbocycles. The van der Waals surface area contributed by atoms with Gasteiger partial charge >= 0.3 is 11.9 Å². The maximum Gasteiger partial charge on any atom is 0.355 e. The fourth-order valence-electron chi connectivity index (χ4n) is 3.76. The lowest BCUT2D eigenvalue weighted by molar-refractivity contribution is 0.0473. The van der Waals surface area contributed by atoms with Crippen LogP contribution in [0.2, 0.25) is 0 Å². The quantitative estimate of drug-likeness (QED) is 0.454. The molecule has 7 nitrogen and oxygen atoms in total. The summed E-state index contributed by atoms with van der Waals surface area (Å²) in [4.78, 5) is 40.3. The Kier molecular flexibility index (Phi) is 6.44. The summed E-state index contributed by atoms with van der Waals surface area (Å²) in [5, 5.41) is 0. The fourth-order valence-corrected chi connectivity index (χ4v) is 3.76. The molecule has 2 heterocycles. The van der Waals surface area contributed by atoms with Crippen molar-refractivity contribution in [2.24, 2.45) is 0 Å². The van der Waals surface area contributed by atoms with E-state index in [1.807, 2.05) is 48.7 Å². The lowest BCUT2D eigenvalue weighted by Gasteiger charge is -2.10. The van der Waals surface area contributed by atoms with Crippen LogP contribution in [0, 0.1) is 27.7 Å². The van der Waals surface area contributed by atoms with Crippen LogP contribution in [0.1, 0.15) is 60.8 Å². The van der Waals surface area contributed by atoms with Crippen LogP contribution in [0.3, 0.4) is 0 Å². The van der Waals surface area contributed by atoms with Crippen molar-refractivity contribution in [1.82, 2.24) is 9.55 Å². The minimum absolute atomic E-state index is 0.212. The molecule has 7 heteroatoms. The molecule has 0 saturated carbocycles. The van der Waals surface area contributed by atoms with Gasteiger partial charge in [-0.2, -0.15) is 0 Å². The van der Waals surface area contributed by atoms with E-state index in [4.69, 9.17) is 9.47 Å². The van der Waals surface area contributed by atoms with Gasteiger partial charge in [-0.25, -0.2) is 9.59 Å². The molecule has 0 bridgehead atoms. The second-order valence-electron chi connectivity index (χ2n) is 7.30. The van der Waals surface area contributed by atoms with Crippen LogP contribution < -0.4 is 0 Å². The van der Waals surface area contributed by atoms with Crippen molar-refractivity contribution >= 4 is 17.7 Å². The molecule has 1 aromatic carbocycles. The smallest absolute Gasteiger partial charge is 0.355 e. The summed E-state index contributed by atoms with van der Waals surface area (Å²) >= 11 is 0. The third-order valence-electron chi connectivity index (χ3n) is 5.20. The Morgan fingerprint density at radius 2 is 1.65 bits per heavy atom. The number of nitrogens with one attached hydrogen (secondary N) is 1. The highest BCUT2D eigenvalue weighted by Gasteiger charge is 2.25. The van der Waals surface area contributed by atoms with E-state index in [-0.39, 0.29) is 23.6 Å². The number of ketones is 1. The van der Waals surface area contributed by atoms with Crippen LogP contribution in [0.15, 0.2) is 36.4 Å². The summed E-state index contributed by atoms with van der Waals surface area (Å²) in [7, 11) is 0. The molecule has 0 amide bonds. The van der Waals surface area contributed by atoms with Crippen LogP contribution in [0.5, 0.6) is 0 Å². The van der Waals surface area contributed by atoms with Gasteiger partial charge in [0.05, 0.1) is 12.2 Å². The average molecular weight is 422 g/mol. The second-order valence-corrected chi connectivity index (χ2v) is 7.30. The van der Waals surface area contributed by atoms with Crippen LogP contribution in [0.4, 0.5) is 0 Å². The molecule has 3 aromatic rings. The number of aryl methyl sites for hydroxylation is 2. The van der Waals surface area contributed by atoms with Gasteiger partial charge in [0, 0.05) is 28.3 Å². The first-order valence-electron chi connectivity index (χ1n) is 10.1. The summed E-state index contributed by atoms with van der Waals surface area (Å²) < 4.78 is 12.3. The zero-order valence-corrected chi connectivity index (χ0v) is 18.4. The molecular formula is C24H26N2O5. The number of Topliss-reactive ketones (excluding diaryl/α,β-unsaturated/α-hetero) is 1. The largest absolute Gasteiger partial charge is 0.461 e. The number of benzene rings is 1. The monoisotopic (exact) mass is 422 g/mol. The number of esters is 2. The summed E-state index contributed by atoms with van der Waals surface area (Å²) in [5.41, 5.74) is 4.53. The summed E-state index contributed by atoms with van der Waals surface area (Å²) in [5.74, 6) is -1.49. The van der Waals surface area contributed by atoms with E-state index < -0.39 is 18.5 Å². The number of nitrogens with zero attached hydrogens (tertiary/aromatic N) is 1. The normalized spacial score (nSPS) is 10.7. The predicted octanol–water partition coefficient (Wildman–Crippen LogP) is 4.26. The molecule has 0 spiro atoms. The Labute approximate surface area is 181 Å². The van der Waals surface area contributed by atoms with Crippen molar-refractivity contribution in [1.29, 1.82) is 0 Å². The lowest BCUT2D eigenvalue weighted by Crippen LogP contribution is -2.16. The van der Waals surface area contributed by atoms with E-state index in [0.29, 0.717) is 16.8 Å². The number of aromatic amines is 1. The van der Waals surface area contributed by atoms with Crippen molar-refractivity contribution in [3.8, 4) is 5.69 Å². The number of aromatic nitrogens is 2. The van der Waals surface area contributed by atoms with E-state index >= 15 is 0 Å². The highest BCUT2D eigenvalue weighted by Crippen LogP contribution is 2.22. The number of para-hydroxylation sites is 1. The first-order valence-corrected chi connectivity index (χ1v) is 10.1. The van der Waals surface area contributed by atoms with Gasteiger partial charge in [0.15, 0.2) is 6.61 Å². The molecule has 1 N–H and O–H groups in total. The van der Waals surface area contributed by atoms with Gasteiger partial charge in [-0.1, -0.05) is 18.2 Å². The van der Waals surface area contributed by atoms with Gasteiger partial charge in [-0.3, -0.25) is 4.79 Å². The Balaban J connectivity index is 1.76. The summed E-state index contributed by atoms with van der Waals surface area (Å²) in [6.45, 7) is 8.64. The van der Waals surface area contributed by atoms with Crippen LogP contribution >= 0.6 is 0 Å². The molecule has 0 atom stereocenters. The fraction of sp³-hybridized carbons (Fsp3) is 0.292. The number of carbonyl (C=O) groups is 3. The van der Waals surface area contributed by atoms with Gasteiger partial charge < -0.3 is 19.0 Å². The van der Waals surface area contributed by atoms with Crippen molar-refractivity contribution < 1.29 is 23.9 Å². The number of ether oxygens (including phenoxy) is 2. The van der Waals surface area contributed by atoms with Gasteiger partial charge in [-0.05, 0) is 58.4 Å². The molecule has 0 saturated heterocycles. The molecule has 0 aliphatic rings. The van der Waals surface area contributed by atoms with Crippen LogP contribution in [-0.4, -0.2) is 40.5 Å². The second kappa shape index (κ2) is 9.04. The summed E-state index contributed by atoms with van der Waals surface area (Å²) in [6.07, 6.45) is 0. The van der Waals surface area contributed by atoms with Crippen LogP contribution in [-0.2, 0) is 9.47 Å². The molecule has 31 heavy (non-hydrogen) atoms. The topological polar surface area (TPSA) is 90.4 Å². The van der Waals surface area contributed by atoms with E-state index in [1.54, 1.807) is 26.8 Å². The lowest BCUT2D eigenvalue weighted by atomic mass is 10.1. The van der Waals surface area contributed by atoms with Crippen molar-refractivity contribution in [2.75, 3.05) is 13.2 Å². The first kappa shape index (κ1) is 22.1. The Hall–Kier alpha value is -3.61. The zero-order valence-electron chi connectivity index (χ0n) is 18.4. The molecule has 0 aliphatic heterocycles. The maximum absolute atomic E-state index is 12.8. The number of hydrogen-bond acceptors (Lipinski definition) is 5. The Morgan fingerprint density at radius 1 is 0.968 bits per heavy atom. The average Bonchev–Trinajstić information content (AvgIpc) is 3.21. The molecule has 0 radical (unpaired) electrons. The maximum atomic E-state index is 12.8. The van der Waals surface area contributed by atoms with Crippen molar-refractivity contribution in [3.63, 3.8) is 0 Å². The highest BCUT2D eigenvalue weighted by atomic mass is 16.5. The standard InChI is InChI=1S/C24H26N2O5/c1-6-30-24(29)22-15(3)21(16(4)25-22)23(28)31-13-20(27)19-12-14(2)26(17(19)5)18-10-8-7-9-11-18/h7-12,25H,6,13H2,1-5H3. The number of rotatable bonds is 7. The van der Waals surface area contributed by atoms with E-state index in [2.05, 4.69) is 4.98 Å². The van der Waals surface area contributed by atoms with Crippen molar-refractivity contribution in [3.05, 3.63) is 75.9 Å². The van der Waals surface area contributed by atoms with E-state index in [9.17, 15) is 14.4 Å². The zero-order chi connectivity index (χ0) is 22.7. The van der Waals surface area contributed by atoms with E-state index in [0.717, 1.165) is 17.1 Å². The SMILES string of the molecule is CCOC(=O)c1[nH]c(C)c(C(=O)OCC(=O)c2cc(C)n(-c3ccccc3)c2C)c1C. The van der Waals surface area contributed by atoms with Gasteiger partial charge in [0.25, 0.3) is 0 Å². The minimum Gasteiger partial charge on any atom is -0.461 e. The predicted molar refractivity (Wildman–Crippen MR) is 116 cm³/mol. The molecule has 0 unspecified atom stereocenters. The molecule has 2 aromatic heterocycles. The summed E-state index contributed by atoms with van der Waals surface area (Å²) in [6, 6.07) is 11.5. The molecule has 162 valence electrons. The van der Waals surface area contributed by atoms with Gasteiger partial charge in [0.2, 0.25) is 5.78 Å². The van der Waals surface area contributed by atoms with E-state index in [1.165, 1.54) is 0 Å². The molecule has 0 fully saturated rings. The highest BCUT2D eigenvalue weighted by molar-refractivity contribution is 6.02. The third-order valence-corrected chi connectivity index (χ3v) is 5.20. The minimum atomic E-state index is -0.660. The van der Waals surface area contributed by atoms with Crippen LogP contribution in [0.25, 0.3) is 5.69 Å². The number of hydrogen-bond donors (Lipinski definition) is 1. The number of H-pyrrole nitrogens is 1. The molecular weight excluding hydrogens is 396 g/mol. The first-order chi connectivity index (χ1) is 14.8. The molecule has 3 rings (SSSR count). The Bertz CT molecular complexity index is 1140. The Morgan fingerprint density at radius 3 is 2.29 bits per heavy atom. The van der Waals surface area contributed by atoms with Crippen molar-refractivity contribution in [2.45, 2.75) is 34.6 Å².